The first-order valence-electron chi connectivity index (χ1n) is 8.39. The topological polar surface area (TPSA) is 95.6 Å². The second-order valence-corrected chi connectivity index (χ2v) is 6.51. The molecule has 2 heterocycles. The van der Waals surface area contributed by atoms with Crippen LogP contribution in [0.1, 0.15) is 37.9 Å². The van der Waals surface area contributed by atoms with E-state index in [9.17, 15) is 4.79 Å². The summed E-state index contributed by atoms with van der Waals surface area (Å²) in [6.07, 6.45) is 4.65. The molecule has 1 aliphatic heterocycles. The number of carboxylic acid groups (broad SMARTS) is 1. The third-order valence-corrected chi connectivity index (χ3v) is 4.81. The number of anilines is 2. The number of hydrogen-bond acceptors (Lipinski definition) is 5. The van der Waals surface area contributed by atoms with Crippen molar-refractivity contribution in [3.05, 3.63) is 11.9 Å². The van der Waals surface area contributed by atoms with E-state index in [1.54, 1.807) is 13.1 Å². The van der Waals surface area contributed by atoms with E-state index >= 15 is 0 Å². The Morgan fingerprint density at radius 3 is 2.83 bits per heavy atom. The molecule has 0 bridgehead atoms. The smallest absolute Gasteiger partial charge is 0.407 e. The lowest BCUT2D eigenvalue weighted by molar-refractivity contribution is 0.142. The Balaban J connectivity index is 1.73. The molecule has 1 atom stereocenters. The van der Waals surface area contributed by atoms with Crippen LogP contribution < -0.4 is 10.6 Å². The van der Waals surface area contributed by atoms with Gasteiger partial charge in [-0.25, -0.2) is 14.8 Å². The van der Waals surface area contributed by atoms with Crippen molar-refractivity contribution in [3.8, 4) is 11.8 Å². The standard InChI is InChI=1S/C17H23N5O2/c1-21(17(23)24)13-8-9-22(11-13)16-10-14(18)19-15(20-16)7-6-12-4-2-3-5-12/h10,12-13H,2-5,8-9,11H2,1H3,(H,23,24)(H2,18,19,20)/t13-/m1/s1. The van der Waals surface area contributed by atoms with E-state index in [0.29, 0.717) is 24.1 Å². The third-order valence-electron chi connectivity index (χ3n) is 4.81. The maximum absolute atomic E-state index is 11.1. The van der Waals surface area contributed by atoms with Crippen LogP contribution in [0.2, 0.25) is 0 Å². The van der Waals surface area contributed by atoms with Crippen LogP contribution in [0.5, 0.6) is 0 Å². The summed E-state index contributed by atoms with van der Waals surface area (Å²) in [5, 5.41) is 9.10. The maximum atomic E-state index is 11.1. The molecule has 7 heteroatoms. The Hall–Kier alpha value is -2.49. The van der Waals surface area contributed by atoms with Crippen molar-refractivity contribution < 1.29 is 9.90 Å². The van der Waals surface area contributed by atoms with Gasteiger partial charge in [0.2, 0.25) is 5.82 Å². The average Bonchev–Trinajstić information content (AvgIpc) is 3.23. The summed E-state index contributed by atoms with van der Waals surface area (Å²) in [6, 6.07) is 1.69. The van der Waals surface area contributed by atoms with E-state index in [0.717, 1.165) is 31.6 Å². The van der Waals surface area contributed by atoms with Crippen LogP contribution in [0.25, 0.3) is 0 Å². The number of nitrogens with two attached hydrogens (primary N) is 1. The zero-order valence-electron chi connectivity index (χ0n) is 13.9. The predicted molar refractivity (Wildman–Crippen MR) is 91.7 cm³/mol. The van der Waals surface area contributed by atoms with Crippen molar-refractivity contribution in [1.82, 2.24) is 14.9 Å². The molecule has 1 aliphatic carbocycles. The summed E-state index contributed by atoms with van der Waals surface area (Å²) in [5.41, 5.74) is 5.90. The molecule has 3 rings (SSSR count). The van der Waals surface area contributed by atoms with Crippen molar-refractivity contribution in [2.24, 2.45) is 5.92 Å². The number of aromatic nitrogens is 2. The van der Waals surface area contributed by atoms with Gasteiger partial charge < -0.3 is 20.6 Å². The number of amides is 1. The minimum atomic E-state index is -0.910. The second-order valence-electron chi connectivity index (χ2n) is 6.51. The van der Waals surface area contributed by atoms with Gasteiger partial charge in [-0.05, 0) is 25.2 Å². The van der Waals surface area contributed by atoms with Crippen molar-refractivity contribution in [1.29, 1.82) is 0 Å². The fraction of sp³-hybridized carbons (Fsp3) is 0.588. The number of nitrogen functional groups attached to an aromatic ring is 1. The van der Waals surface area contributed by atoms with Gasteiger partial charge in [0.1, 0.15) is 11.6 Å². The van der Waals surface area contributed by atoms with Crippen molar-refractivity contribution in [2.75, 3.05) is 30.8 Å². The summed E-state index contributed by atoms with van der Waals surface area (Å²) in [7, 11) is 1.60. The summed E-state index contributed by atoms with van der Waals surface area (Å²) < 4.78 is 0. The molecule has 128 valence electrons. The highest BCUT2D eigenvalue weighted by Crippen LogP contribution is 2.24. The lowest BCUT2D eigenvalue weighted by Crippen LogP contribution is -2.38. The van der Waals surface area contributed by atoms with Gasteiger partial charge in [0.25, 0.3) is 0 Å². The van der Waals surface area contributed by atoms with Gasteiger partial charge in [-0.2, -0.15) is 0 Å². The fourth-order valence-corrected chi connectivity index (χ4v) is 3.33. The van der Waals surface area contributed by atoms with Gasteiger partial charge in [-0.15, -0.1) is 0 Å². The molecule has 7 nitrogen and oxygen atoms in total. The van der Waals surface area contributed by atoms with Gasteiger partial charge in [-0.1, -0.05) is 18.8 Å². The van der Waals surface area contributed by atoms with Crippen LogP contribution >= 0.6 is 0 Å². The lowest BCUT2D eigenvalue weighted by Gasteiger charge is -2.22. The SMILES string of the molecule is CN(C(=O)O)[C@@H]1CCN(c2cc(N)nc(C#CC3CCCC3)n2)C1. The maximum Gasteiger partial charge on any atom is 0.407 e. The minimum absolute atomic E-state index is 0.0355. The van der Waals surface area contributed by atoms with E-state index in [-0.39, 0.29) is 6.04 Å². The van der Waals surface area contributed by atoms with Gasteiger partial charge in [0.05, 0.1) is 6.04 Å². The molecule has 0 spiro atoms. The molecular weight excluding hydrogens is 306 g/mol. The Labute approximate surface area is 141 Å². The van der Waals surface area contributed by atoms with Crippen LogP contribution in [0.4, 0.5) is 16.4 Å². The van der Waals surface area contributed by atoms with Crippen LogP contribution in [-0.4, -0.2) is 52.2 Å². The van der Waals surface area contributed by atoms with E-state index in [4.69, 9.17) is 10.8 Å². The van der Waals surface area contributed by atoms with Crippen LogP contribution in [0.15, 0.2) is 6.07 Å². The van der Waals surface area contributed by atoms with Gasteiger partial charge in [0, 0.05) is 32.1 Å². The fourth-order valence-electron chi connectivity index (χ4n) is 3.33. The van der Waals surface area contributed by atoms with E-state index in [1.165, 1.54) is 17.7 Å². The Bertz CT molecular complexity index is 675. The largest absolute Gasteiger partial charge is 0.465 e. The summed E-state index contributed by atoms with van der Waals surface area (Å²) in [6.45, 7) is 1.35. The number of hydrogen-bond donors (Lipinski definition) is 2. The summed E-state index contributed by atoms with van der Waals surface area (Å²) in [4.78, 5) is 23.2. The van der Waals surface area contributed by atoms with Crippen molar-refractivity contribution in [3.63, 3.8) is 0 Å². The van der Waals surface area contributed by atoms with Crippen LogP contribution in [0.3, 0.4) is 0 Å². The Kier molecular flexibility index (Phi) is 4.74. The molecule has 1 saturated heterocycles. The molecular formula is C17H23N5O2. The van der Waals surface area contributed by atoms with Crippen molar-refractivity contribution >= 4 is 17.7 Å². The third kappa shape index (κ3) is 3.70. The van der Waals surface area contributed by atoms with Gasteiger partial charge in [-0.3, -0.25) is 0 Å². The highest BCUT2D eigenvalue weighted by Gasteiger charge is 2.29. The molecule has 0 unspecified atom stereocenters. The zero-order valence-corrected chi connectivity index (χ0v) is 13.9. The molecule has 1 aromatic rings. The van der Waals surface area contributed by atoms with Gasteiger partial charge in [0.15, 0.2) is 0 Å². The molecule has 3 N–H and O–H groups in total. The molecule has 2 aliphatic rings. The van der Waals surface area contributed by atoms with E-state index in [1.807, 2.05) is 4.90 Å². The molecule has 1 saturated carbocycles. The van der Waals surface area contributed by atoms with E-state index < -0.39 is 6.09 Å². The average molecular weight is 329 g/mol. The molecule has 24 heavy (non-hydrogen) atoms. The molecule has 1 amide bonds. The van der Waals surface area contributed by atoms with E-state index in [2.05, 4.69) is 21.8 Å². The second kappa shape index (κ2) is 6.95. The lowest BCUT2D eigenvalue weighted by atomic mass is 10.1. The summed E-state index contributed by atoms with van der Waals surface area (Å²) in [5.74, 6) is 8.32. The monoisotopic (exact) mass is 329 g/mol. The first kappa shape index (κ1) is 16.4. The summed E-state index contributed by atoms with van der Waals surface area (Å²) >= 11 is 0. The Morgan fingerprint density at radius 1 is 1.38 bits per heavy atom. The van der Waals surface area contributed by atoms with Crippen molar-refractivity contribution in [2.45, 2.75) is 38.1 Å². The van der Waals surface area contributed by atoms with Gasteiger partial charge >= 0.3 is 6.09 Å². The number of carbonyl (C=O) groups is 1. The first-order valence-corrected chi connectivity index (χ1v) is 8.39. The first-order chi connectivity index (χ1) is 11.5. The zero-order chi connectivity index (χ0) is 17.1. The van der Waals surface area contributed by atoms with Crippen LogP contribution in [0, 0.1) is 17.8 Å². The molecule has 0 radical (unpaired) electrons. The highest BCUT2D eigenvalue weighted by molar-refractivity contribution is 5.65. The number of rotatable bonds is 2. The molecule has 2 fully saturated rings. The van der Waals surface area contributed by atoms with Crippen LogP contribution in [-0.2, 0) is 0 Å². The predicted octanol–water partition coefficient (Wildman–Crippen LogP) is 1.79. The quantitative estimate of drug-likeness (QED) is 0.803. The minimum Gasteiger partial charge on any atom is -0.465 e. The normalized spacial score (nSPS) is 20.7. The number of nitrogens with zero attached hydrogens (tertiary/aromatic N) is 4. The number of likely N-dealkylation sites (N-methyl/N-ethyl adjacent to an activating group) is 1. The Morgan fingerprint density at radius 2 is 2.12 bits per heavy atom. The molecule has 0 aromatic carbocycles. The molecule has 1 aromatic heterocycles. The highest BCUT2D eigenvalue weighted by atomic mass is 16.4.